The van der Waals surface area contributed by atoms with Gasteiger partial charge in [0.25, 0.3) is 0 Å². The van der Waals surface area contributed by atoms with E-state index in [0.29, 0.717) is 6.42 Å². The Balaban J connectivity index is 1.38. The molecule has 0 saturated carbocycles. The highest BCUT2D eigenvalue weighted by Gasteiger charge is 2.34. The van der Waals surface area contributed by atoms with E-state index in [-0.39, 0.29) is 36.2 Å². The smallest absolute Gasteiger partial charge is 0.407 e. The molecule has 1 aromatic carbocycles. The lowest BCUT2D eigenvalue weighted by Gasteiger charge is -2.39. The van der Waals surface area contributed by atoms with Crippen LogP contribution in [-0.4, -0.2) is 76.2 Å². The van der Waals surface area contributed by atoms with Gasteiger partial charge in [-0.1, -0.05) is 6.07 Å². The molecule has 0 spiro atoms. The van der Waals surface area contributed by atoms with Gasteiger partial charge in [-0.05, 0) is 84.1 Å². The maximum Gasteiger partial charge on any atom is 0.407 e. The molecular formula is C31H46N6O5. The molecule has 0 unspecified atom stereocenters. The highest BCUT2D eigenvalue weighted by molar-refractivity contribution is 5.94. The quantitative estimate of drug-likeness (QED) is 0.479. The highest BCUT2D eigenvalue weighted by atomic mass is 16.6. The van der Waals surface area contributed by atoms with Crippen molar-refractivity contribution >= 4 is 23.8 Å². The number of rotatable bonds is 7. The second-order valence-corrected chi connectivity index (χ2v) is 12.7. The van der Waals surface area contributed by atoms with E-state index in [0.717, 1.165) is 61.4 Å². The van der Waals surface area contributed by atoms with Crippen LogP contribution in [0.4, 0.5) is 15.3 Å². The van der Waals surface area contributed by atoms with Crippen LogP contribution in [0.2, 0.25) is 0 Å². The van der Waals surface area contributed by atoms with E-state index in [1.807, 2.05) is 76.8 Å². The topological polar surface area (TPSA) is 118 Å². The van der Waals surface area contributed by atoms with Gasteiger partial charge in [-0.3, -0.25) is 9.48 Å². The van der Waals surface area contributed by atoms with Gasteiger partial charge in [-0.2, -0.15) is 5.10 Å². The monoisotopic (exact) mass is 582 g/mol. The summed E-state index contributed by atoms with van der Waals surface area (Å²) in [6.07, 6.45) is 5.19. The van der Waals surface area contributed by atoms with Crippen LogP contribution < -0.4 is 15.5 Å². The number of fused-ring (bicyclic) bond motifs is 1. The number of nitrogens with zero attached hydrogens (tertiary/aromatic N) is 4. The van der Waals surface area contributed by atoms with Gasteiger partial charge in [0.15, 0.2) is 0 Å². The minimum Gasteiger partial charge on any atom is -0.447 e. The van der Waals surface area contributed by atoms with Gasteiger partial charge in [0.2, 0.25) is 5.91 Å². The van der Waals surface area contributed by atoms with Gasteiger partial charge < -0.3 is 29.9 Å². The second kappa shape index (κ2) is 13.1. The number of hydrogen-bond acceptors (Lipinski definition) is 7. The largest absolute Gasteiger partial charge is 0.447 e. The molecule has 0 aliphatic carbocycles. The third-order valence-corrected chi connectivity index (χ3v) is 7.57. The first-order valence-electron chi connectivity index (χ1n) is 14.9. The molecule has 1 aromatic heterocycles. The molecule has 2 aliphatic rings. The number of ether oxygens (including phenoxy) is 2. The molecule has 2 aliphatic heterocycles. The molecule has 230 valence electrons. The second-order valence-electron chi connectivity index (χ2n) is 12.7. The Labute approximate surface area is 248 Å². The molecule has 2 atom stereocenters. The summed E-state index contributed by atoms with van der Waals surface area (Å²) in [5, 5.41) is 10.6. The summed E-state index contributed by atoms with van der Waals surface area (Å²) >= 11 is 0. The fourth-order valence-corrected chi connectivity index (χ4v) is 5.70. The molecule has 0 radical (unpaired) electrons. The van der Waals surface area contributed by atoms with Crippen LogP contribution >= 0.6 is 0 Å². The first kappa shape index (κ1) is 31.3. The third-order valence-electron chi connectivity index (χ3n) is 7.57. The molecule has 0 bridgehead atoms. The van der Waals surface area contributed by atoms with Gasteiger partial charge in [0.1, 0.15) is 5.60 Å². The Morgan fingerprint density at radius 3 is 2.40 bits per heavy atom. The number of alkyl carbamates (subject to hydrolysis) is 2. The van der Waals surface area contributed by atoms with Gasteiger partial charge >= 0.3 is 12.2 Å². The Morgan fingerprint density at radius 1 is 1.05 bits per heavy atom. The molecule has 1 fully saturated rings. The van der Waals surface area contributed by atoms with Crippen LogP contribution in [0.15, 0.2) is 30.6 Å². The van der Waals surface area contributed by atoms with Gasteiger partial charge in [-0.15, -0.1) is 0 Å². The van der Waals surface area contributed by atoms with Crippen molar-refractivity contribution in [3.8, 4) is 11.1 Å². The molecule has 11 heteroatoms. The van der Waals surface area contributed by atoms with Gasteiger partial charge in [0.05, 0.1) is 24.9 Å². The van der Waals surface area contributed by atoms with Crippen molar-refractivity contribution in [3.63, 3.8) is 0 Å². The van der Waals surface area contributed by atoms with Crippen LogP contribution in [0.3, 0.4) is 0 Å². The number of nitrogens with one attached hydrogen (secondary N) is 2. The standard InChI is InChI=1S/C31H46N6O5/c1-20(2)41-29(39)34-27-16-21(3)37(22(4)38)28-9-8-23(17-26(27)28)24-18-32-36(19-24)15-14-35-12-10-25(11-13-35)33-30(40)42-31(5,6)7/h8-9,17-21,25,27H,10-16H2,1-7H3,(H,33,40)(H,34,39)/t21-,27+/m0/s1. The minimum absolute atomic E-state index is 0.0304. The predicted molar refractivity (Wildman–Crippen MR) is 161 cm³/mol. The number of anilines is 1. The molecule has 42 heavy (non-hydrogen) atoms. The predicted octanol–water partition coefficient (Wildman–Crippen LogP) is 4.86. The summed E-state index contributed by atoms with van der Waals surface area (Å²) in [6, 6.07) is 5.79. The third kappa shape index (κ3) is 8.24. The van der Waals surface area contributed by atoms with Crippen molar-refractivity contribution in [3.05, 3.63) is 36.2 Å². The summed E-state index contributed by atoms with van der Waals surface area (Å²) in [5.74, 6) is -0.0304. The van der Waals surface area contributed by atoms with Crippen molar-refractivity contribution in [2.24, 2.45) is 0 Å². The fraction of sp³-hybridized carbons (Fsp3) is 0.613. The van der Waals surface area contributed by atoms with Crippen LogP contribution in [0, 0.1) is 0 Å². The maximum atomic E-state index is 12.5. The lowest BCUT2D eigenvalue weighted by molar-refractivity contribution is -0.117. The number of benzene rings is 1. The van der Waals surface area contributed by atoms with E-state index in [1.54, 1.807) is 11.8 Å². The average molecular weight is 583 g/mol. The van der Waals surface area contributed by atoms with E-state index in [2.05, 4.69) is 20.6 Å². The Hall–Kier alpha value is -3.60. The fourth-order valence-electron chi connectivity index (χ4n) is 5.70. The van der Waals surface area contributed by atoms with Crippen molar-refractivity contribution in [2.45, 2.75) is 104 Å². The Kier molecular flexibility index (Phi) is 9.81. The van der Waals surface area contributed by atoms with Crippen molar-refractivity contribution in [1.82, 2.24) is 25.3 Å². The van der Waals surface area contributed by atoms with E-state index in [4.69, 9.17) is 9.47 Å². The summed E-state index contributed by atoms with van der Waals surface area (Å²) in [7, 11) is 0. The molecule has 11 nitrogen and oxygen atoms in total. The molecule has 2 aromatic rings. The SMILES string of the molecule is CC(=O)N1c2ccc(-c3cnn(CCN4CCC(NC(=O)OC(C)(C)C)CC4)c3)cc2[C@H](NC(=O)OC(C)C)C[C@@H]1C. The van der Waals surface area contributed by atoms with E-state index in [1.165, 1.54) is 0 Å². The van der Waals surface area contributed by atoms with Gasteiger partial charge in [0, 0.05) is 56.1 Å². The van der Waals surface area contributed by atoms with Crippen molar-refractivity contribution < 1.29 is 23.9 Å². The van der Waals surface area contributed by atoms with Crippen LogP contribution in [0.25, 0.3) is 11.1 Å². The normalized spacial score (nSPS) is 19.8. The zero-order valence-corrected chi connectivity index (χ0v) is 26.0. The number of amides is 3. The molecule has 4 rings (SSSR count). The van der Waals surface area contributed by atoms with E-state index in [9.17, 15) is 14.4 Å². The van der Waals surface area contributed by atoms with Crippen LogP contribution in [0.1, 0.15) is 79.3 Å². The summed E-state index contributed by atoms with van der Waals surface area (Å²) in [6.45, 7) is 16.2. The van der Waals surface area contributed by atoms with Crippen molar-refractivity contribution in [1.29, 1.82) is 0 Å². The maximum absolute atomic E-state index is 12.5. The number of hydrogen-bond donors (Lipinski definition) is 2. The lowest BCUT2D eigenvalue weighted by atomic mass is 9.89. The van der Waals surface area contributed by atoms with Gasteiger partial charge in [-0.25, -0.2) is 9.59 Å². The molecule has 2 N–H and O–H groups in total. The van der Waals surface area contributed by atoms with Crippen LogP contribution in [-0.2, 0) is 20.8 Å². The van der Waals surface area contributed by atoms with Crippen molar-refractivity contribution in [2.75, 3.05) is 24.5 Å². The number of likely N-dealkylation sites (tertiary alicyclic amines) is 1. The Morgan fingerprint density at radius 2 is 1.76 bits per heavy atom. The summed E-state index contributed by atoms with van der Waals surface area (Å²) in [5.41, 5.74) is 3.12. The highest BCUT2D eigenvalue weighted by Crippen LogP contribution is 2.39. The summed E-state index contributed by atoms with van der Waals surface area (Å²) < 4.78 is 12.7. The summed E-state index contributed by atoms with van der Waals surface area (Å²) in [4.78, 5) is 41.2. The zero-order valence-electron chi connectivity index (χ0n) is 26.0. The molecule has 3 amide bonds. The van der Waals surface area contributed by atoms with E-state index >= 15 is 0 Å². The number of carbonyl (C=O) groups is 3. The lowest BCUT2D eigenvalue weighted by Crippen LogP contribution is -2.46. The Bertz CT molecular complexity index is 1260. The average Bonchev–Trinajstić information content (AvgIpc) is 3.35. The minimum atomic E-state index is -0.500. The first-order valence-corrected chi connectivity index (χ1v) is 14.9. The zero-order chi connectivity index (χ0) is 30.6. The van der Waals surface area contributed by atoms with E-state index < -0.39 is 11.7 Å². The first-order chi connectivity index (χ1) is 19.8. The molecule has 3 heterocycles. The van der Waals surface area contributed by atoms with Crippen LogP contribution in [0.5, 0.6) is 0 Å². The molecular weight excluding hydrogens is 536 g/mol. The molecule has 1 saturated heterocycles. The number of piperidine rings is 1. The number of aromatic nitrogens is 2. The number of carbonyl (C=O) groups excluding carboxylic acids is 3.